The molecule has 4 heterocycles. The standard InChI is InChI=1S/C23H24N4O3/c1-14-11-27(12-15(2)24-14)17-7-6-16-9-18(23(28)30-21(16)10-17)19-13-26-8-4-5-20(29-3)22(26)25-19/h4-10,13-15,24H,11-12H2,1-3H3. The van der Waals surface area contributed by atoms with Crippen LogP contribution in [-0.2, 0) is 0 Å². The number of methoxy groups -OCH3 is 1. The maximum atomic E-state index is 12.8. The van der Waals surface area contributed by atoms with E-state index >= 15 is 0 Å². The second kappa shape index (κ2) is 7.18. The third-order valence-electron chi connectivity index (χ3n) is 5.59. The van der Waals surface area contributed by atoms with Crippen molar-refractivity contribution in [2.45, 2.75) is 25.9 Å². The van der Waals surface area contributed by atoms with Crippen molar-refractivity contribution < 1.29 is 9.15 Å². The molecule has 30 heavy (non-hydrogen) atoms. The smallest absolute Gasteiger partial charge is 0.345 e. The fraction of sp³-hybridized carbons (Fsp3) is 0.304. The van der Waals surface area contributed by atoms with Crippen molar-refractivity contribution in [1.82, 2.24) is 14.7 Å². The fourth-order valence-corrected chi connectivity index (χ4v) is 4.29. The van der Waals surface area contributed by atoms with Crippen LogP contribution in [0.3, 0.4) is 0 Å². The van der Waals surface area contributed by atoms with Crippen molar-refractivity contribution in [2.75, 3.05) is 25.1 Å². The van der Waals surface area contributed by atoms with Gasteiger partial charge in [-0.1, -0.05) is 0 Å². The molecule has 4 aromatic rings. The quantitative estimate of drug-likeness (QED) is 0.528. The Morgan fingerprint density at radius 3 is 2.73 bits per heavy atom. The molecule has 7 heteroatoms. The van der Waals surface area contributed by atoms with Crippen LogP contribution < -0.4 is 20.6 Å². The number of hydrogen-bond donors (Lipinski definition) is 1. The van der Waals surface area contributed by atoms with Gasteiger partial charge in [-0.15, -0.1) is 0 Å². The van der Waals surface area contributed by atoms with E-state index in [1.165, 1.54) is 0 Å². The summed E-state index contributed by atoms with van der Waals surface area (Å²) in [7, 11) is 1.60. The second-order valence-corrected chi connectivity index (χ2v) is 7.98. The number of anilines is 1. The molecule has 1 fully saturated rings. The molecule has 0 saturated carbocycles. The first-order valence-electron chi connectivity index (χ1n) is 10.1. The molecule has 7 nitrogen and oxygen atoms in total. The minimum atomic E-state index is -0.399. The monoisotopic (exact) mass is 404 g/mol. The van der Waals surface area contributed by atoms with E-state index in [0.29, 0.717) is 40.3 Å². The van der Waals surface area contributed by atoms with E-state index in [-0.39, 0.29) is 0 Å². The van der Waals surface area contributed by atoms with Gasteiger partial charge in [0.25, 0.3) is 0 Å². The van der Waals surface area contributed by atoms with Crippen LogP contribution in [0.5, 0.6) is 5.75 Å². The number of nitrogens with one attached hydrogen (secondary N) is 1. The average Bonchev–Trinajstić information content (AvgIpc) is 3.16. The topological polar surface area (TPSA) is 72.0 Å². The number of benzene rings is 1. The first-order valence-corrected chi connectivity index (χ1v) is 10.1. The lowest BCUT2D eigenvalue weighted by Gasteiger charge is -2.37. The number of imidazole rings is 1. The number of aromatic nitrogens is 2. The van der Waals surface area contributed by atoms with Crippen molar-refractivity contribution in [2.24, 2.45) is 0 Å². The first-order chi connectivity index (χ1) is 14.5. The zero-order chi connectivity index (χ0) is 20.8. The minimum Gasteiger partial charge on any atom is -0.493 e. The molecule has 1 N–H and O–H groups in total. The van der Waals surface area contributed by atoms with Crippen LogP contribution in [0.15, 0.2) is 58.0 Å². The fourth-order valence-electron chi connectivity index (χ4n) is 4.29. The van der Waals surface area contributed by atoms with Crippen LogP contribution in [0.25, 0.3) is 27.9 Å². The Morgan fingerprint density at radius 1 is 1.17 bits per heavy atom. The Bertz CT molecular complexity index is 1280. The number of hydrogen-bond acceptors (Lipinski definition) is 6. The predicted molar refractivity (Wildman–Crippen MR) is 117 cm³/mol. The summed E-state index contributed by atoms with van der Waals surface area (Å²) in [4.78, 5) is 19.7. The van der Waals surface area contributed by atoms with Gasteiger partial charge in [0, 0.05) is 54.7 Å². The summed E-state index contributed by atoms with van der Waals surface area (Å²) in [5.74, 6) is 0.651. The van der Waals surface area contributed by atoms with Gasteiger partial charge in [-0.05, 0) is 44.2 Å². The largest absolute Gasteiger partial charge is 0.493 e. The molecule has 2 atom stereocenters. The molecule has 154 valence electrons. The molecule has 2 unspecified atom stereocenters. The Labute approximate surface area is 173 Å². The van der Waals surface area contributed by atoms with Gasteiger partial charge >= 0.3 is 5.63 Å². The van der Waals surface area contributed by atoms with E-state index in [4.69, 9.17) is 9.15 Å². The molecule has 0 spiro atoms. The Morgan fingerprint density at radius 2 is 1.97 bits per heavy atom. The van der Waals surface area contributed by atoms with Crippen LogP contribution in [-0.4, -0.2) is 41.7 Å². The van der Waals surface area contributed by atoms with E-state index < -0.39 is 5.63 Å². The predicted octanol–water partition coefficient (Wildman–Crippen LogP) is 3.30. The lowest BCUT2D eigenvalue weighted by Crippen LogP contribution is -2.54. The number of nitrogens with zero attached hydrogens (tertiary/aromatic N) is 3. The molecule has 0 radical (unpaired) electrons. The molecular formula is C23H24N4O3. The Hall–Kier alpha value is -3.32. The zero-order valence-corrected chi connectivity index (χ0v) is 17.3. The third kappa shape index (κ3) is 3.21. The van der Waals surface area contributed by atoms with Gasteiger partial charge < -0.3 is 23.8 Å². The van der Waals surface area contributed by atoms with Gasteiger partial charge in [0.1, 0.15) is 5.58 Å². The van der Waals surface area contributed by atoms with Crippen molar-refractivity contribution in [1.29, 1.82) is 0 Å². The van der Waals surface area contributed by atoms with Gasteiger partial charge in [0.05, 0.1) is 18.4 Å². The van der Waals surface area contributed by atoms with E-state index in [1.807, 2.05) is 47.1 Å². The van der Waals surface area contributed by atoms with Crippen molar-refractivity contribution in [3.05, 3.63) is 59.2 Å². The van der Waals surface area contributed by atoms with Crippen LogP contribution in [0, 0.1) is 0 Å². The summed E-state index contributed by atoms with van der Waals surface area (Å²) in [6.07, 6.45) is 3.69. The molecule has 0 bridgehead atoms. The van der Waals surface area contributed by atoms with Crippen LogP contribution in [0.1, 0.15) is 13.8 Å². The summed E-state index contributed by atoms with van der Waals surface area (Å²) >= 11 is 0. The molecule has 1 aliphatic rings. The summed E-state index contributed by atoms with van der Waals surface area (Å²) in [5.41, 5.74) is 2.91. The van der Waals surface area contributed by atoms with Crippen molar-refractivity contribution in [3.63, 3.8) is 0 Å². The van der Waals surface area contributed by atoms with Gasteiger partial charge in [-0.25, -0.2) is 9.78 Å². The number of fused-ring (bicyclic) bond motifs is 2. The van der Waals surface area contributed by atoms with Gasteiger partial charge in [0.2, 0.25) is 0 Å². The number of rotatable bonds is 3. The van der Waals surface area contributed by atoms with E-state index in [2.05, 4.69) is 35.1 Å². The molecule has 0 amide bonds. The zero-order valence-electron chi connectivity index (χ0n) is 17.3. The highest BCUT2D eigenvalue weighted by atomic mass is 16.5. The summed E-state index contributed by atoms with van der Waals surface area (Å²) in [6.45, 7) is 6.20. The van der Waals surface area contributed by atoms with Crippen LogP contribution >= 0.6 is 0 Å². The van der Waals surface area contributed by atoms with Crippen molar-refractivity contribution in [3.8, 4) is 17.0 Å². The molecular weight excluding hydrogens is 380 g/mol. The molecule has 1 aliphatic heterocycles. The van der Waals surface area contributed by atoms with Gasteiger partial charge in [-0.3, -0.25) is 0 Å². The molecule has 1 saturated heterocycles. The number of pyridine rings is 1. The van der Waals surface area contributed by atoms with Gasteiger partial charge in [-0.2, -0.15) is 0 Å². The summed E-state index contributed by atoms with van der Waals surface area (Å²) in [6, 6.07) is 12.4. The minimum absolute atomic E-state index is 0.399. The van der Waals surface area contributed by atoms with Crippen molar-refractivity contribution >= 4 is 22.3 Å². The molecule has 0 aliphatic carbocycles. The normalized spacial score (nSPS) is 19.5. The summed E-state index contributed by atoms with van der Waals surface area (Å²) in [5, 5.41) is 4.41. The SMILES string of the molecule is COc1cccn2cc(-c3cc4ccc(N5CC(C)NC(C)C5)cc4oc3=O)nc12. The van der Waals surface area contributed by atoms with E-state index in [9.17, 15) is 4.79 Å². The Balaban J connectivity index is 1.56. The summed E-state index contributed by atoms with van der Waals surface area (Å²) < 4.78 is 12.9. The van der Waals surface area contributed by atoms with E-state index in [0.717, 1.165) is 24.2 Å². The maximum Gasteiger partial charge on any atom is 0.345 e. The number of piperazine rings is 1. The van der Waals surface area contributed by atoms with Gasteiger partial charge in [0.15, 0.2) is 11.4 Å². The first kappa shape index (κ1) is 18.7. The van der Waals surface area contributed by atoms with Crippen LogP contribution in [0.2, 0.25) is 0 Å². The molecule has 1 aromatic carbocycles. The molecule has 5 rings (SSSR count). The lowest BCUT2D eigenvalue weighted by molar-refractivity contribution is 0.407. The number of ether oxygens (including phenoxy) is 1. The van der Waals surface area contributed by atoms with Crippen LogP contribution in [0.4, 0.5) is 5.69 Å². The highest BCUT2D eigenvalue weighted by Crippen LogP contribution is 2.27. The highest BCUT2D eigenvalue weighted by molar-refractivity contribution is 5.84. The average molecular weight is 404 g/mol. The lowest BCUT2D eigenvalue weighted by atomic mass is 10.1. The second-order valence-electron chi connectivity index (χ2n) is 7.98. The van der Waals surface area contributed by atoms with E-state index in [1.54, 1.807) is 7.11 Å². The third-order valence-corrected chi connectivity index (χ3v) is 5.59. The maximum absolute atomic E-state index is 12.8. The molecule has 3 aromatic heterocycles. The highest BCUT2D eigenvalue weighted by Gasteiger charge is 2.22. The Kier molecular flexibility index (Phi) is 4.47.